The number of piperazine rings is 1. The van der Waals surface area contributed by atoms with Gasteiger partial charge in [-0.1, -0.05) is 0 Å². The van der Waals surface area contributed by atoms with Crippen molar-refractivity contribution in [2.24, 2.45) is 0 Å². The fourth-order valence-electron chi connectivity index (χ4n) is 3.82. The first kappa shape index (κ1) is 17.8. The number of piperidine rings is 1. The van der Waals surface area contributed by atoms with E-state index in [0.717, 1.165) is 63.8 Å². The van der Waals surface area contributed by atoms with Crippen LogP contribution in [0.15, 0.2) is 37.1 Å². The molecule has 2 saturated heterocycles. The number of hydrogen-bond donors (Lipinski definition) is 0. The van der Waals surface area contributed by atoms with Crippen LogP contribution in [0.25, 0.3) is 0 Å². The van der Waals surface area contributed by atoms with E-state index in [2.05, 4.69) is 29.7 Å². The van der Waals surface area contributed by atoms with E-state index in [1.807, 2.05) is 17.0 Å². The summed E-state index contributed by atoms with van der Waals surface area (Å²) in [7, 11) is 0. The zero-order valence-electron chi connectivity index (χ0n) is 15.4. The molecule has 27 heavy (non-hydrogen) atoms. The van der Waals surface area contributed by atoms with E-state index in [0.29, 0.717) is 12.5 Å². The Morgan fingerprint density at radius 1 is 0.963 bits per heavy atom. The number of amides is 1. The Labute approximate surface area is 159 Å². The molecule has 2 aliphatic heterocycles. The molecule has 2 aromatic rings. The van der Waals surface area contributed by atoms with Crippen molar-refractivity contribution in [3.8, 4) is 0 Å². The molecule has 0 N–H and O–H groups in total. The minimum Gasteiger partial charge on any atom is -0.342 e. The van der Waals surface area contributed by atoms with Crippen LogP contribution in [0, 0.1) is 0 Å². The Hall–Kier alpha value is -2.61. The molecule has 4 rings (SSSR count). The second-order valence-electron chi connectivity index (χ2n) is 7.10. The number of nitrogens with zero attached hydrogens (tertiary/aromatic N) is 7. The van der Waals surface area contributed by atoms with Gasteiger partial charge in [0.15, 0.2) is 0 Å². The van der Waals surface area contributed by atoms with Crippen LogP contribution in [-0.4, -0.2) is 81.5 Å². The van der Waals surface area contributed by atoms with Crippen molar-refractivity contribution in [2.45, 2.75) is 18.8 Å². The van der Waals surface area contributed by atoms with E-state index in [9.17, 15) is 4.79 Å². The minimum atomic E-state index is 0.237. The maximum Gasteiger partial charge on any atom is 0.236 e. The predicted octanol–water partition coefficient (Wildman–Crippen LogP) is 0.795. The monoisotopic (exact) mass is 367 g/mol. The molecular weight excluding hydrogens is 342 g/mol. The van der Waals surface area contributed by atoms with Crippen molar-refractivity contribution in [1.29, 1.82) is 0 Å². The predicted molar refractivity (Wildman–Crippen MR) is 101 cm³/mol. The largest absolute Gasteiger partial charge is 0.342 e. The quantitative estimate of drug-likeness (QED) is 0.791. The summed E-state index contributed by atoms with van der Waals surface area (Å²) in [6, 6.07) is 3.81. The second kappa shape index (κ2) is 8.39. The highest BCUT2D eigenvalue weighted by molar-refractivity contribution is 5.78. The van der Waals surface area contributed by atoms with Crippen molar-refractivity contribution in [1.82, 2.24) is 29.7 Å². The van der Waals surface area contributed by atoms with Crippen molar-refractivity contribution >= 4 is 11.9 Å². The lowest BCUT2D eigenvalue weighted by Gasteiger charge is -2.37. The first-order valence-corrected chi connectivity index (χ1v) is 9.57. The van der Waals surface area contributed by atoms with Gasteiger partial charge in [-0.25, -0.2) is 19.9 Å². The smallest absolute Gasteiger partial charge is 0.236 e. The van der Waals surface area contributed by atoms with Crippen molar-refractivity contribution in [3.63, 3.8) is 0 Å². The number of anilines is 1. The summed E-state index contributed by atoms with van der Waals surface area (Å²) in [6.07, 6.45) is 8.88. The summed E-state index contributed by atoms with van der Waals surface area (Å²) in [5, 5.41) is 0. The molecule has 142 valence electrons. The fraction of sp³-hybridized carbons (Fsp3) is 0.526. The summed E-state index contributed by atoms with van der Waals surface area (Å²) < 4.78 is 0. The molecule has 1 amide bonds. The lowest BCUT2D eigenvalue weighted by atomic mass is 9.93. The average molecular weight is 367 g/mol. The second-order valence-corrected chi connectivity index (χ2v) is 7.10. The van der Waals surface area contributed by atoms with Gasteiger partial charge in [0.25, 0.3) is 0 Å². The van der Waals surface area contributed by atoms with Crippen LogP contribution < -0.4 is 4.90 Å². The molecule has 0 aromatic carbocycles. The van der Waals surface area contributed by atoms with Crippen LogP contribution >= 0.6 is 0 Å². The Bertz CT molecular complexity index is 726. The van der Waals surface area contributed by atoms with Crippen LogP contribution in [-0.2, 0) is 4.79 Å². The molecule has 0 unspecified atom stereocenters. The third kappa shape index (κ3) is 4.39. The van der Waals surface area contributed by atoms with E-state index >= 15 is 0 Å². The molecule has 2 aliphatic rings. The van der Waals surface area contributed by atoms with Crippen LogP contribution in [0.5, 0.6) is 0 Å². The molecule has 0 atom stereocenters. The van der Waals surface area contributed by atoms with Gasteiger partial charge < -0.3 is 9.80 Å². The van der Waals surface area contributed by atoms with E-state index < -0.39 is 0 Å². The van der Waals surface area contributed by atoms with Gasteiger partial charge in [-0.3, -0.25) is 9.69 Å². The first-order valence-electron chi connectivity index (χ1n) is 9.57. The molecule has 0 saturated carbocycles. The Morgan fingerprint density at radius 2 is 1.70 bits per heavy atom. The molecule has 0 radical (unpaired) electrons. The van der Waals surface area contributed by atoms with Crippen LogP contribution in [0.1, 0.15) is 24.5 Å². The van der Waals surface area contributed by atoms with Crippen LogP contribution in [0.2, 0.25) is 0 Å². The lowest BCUT2D eigenvalue weighted by molar-refractivity contribution is -0.133. The van der Waals surface area contributed by atoms with E-state index in [1.165, 1.54) is 0 Å². The Kier molecular flexibility index (Phi) is 5.53. The molecule has 0 aliphatic carbocycles. The molecule has 8 nitrogen and oxygen atoms in total. The number of likely N-dealkylation sites (tertiary alicyclic amines) is 1. The number of aromatic nitrogens is 4. The molecule has 2 fully saturated rings. The summed E-state index contributed by atoms with van der Waals surface area (Å²) in [5.74, 6) is 1.45. The average Bonchev–Trinajstić information content (AvgIpc) is 2.76. The van der Waals surface area contributed by atoms with Gasteiger partial charge in [0.2, 0.25) is 11.9 Å². The molecule has 4 heterocycles. The number of hydrogen-bond acceptors (Lipinski definition) is 7. The van der Waals surface area contributed by atoms with E-state index in [-0.39, 0.29) is 5.91 Å². The molecular formula is C19H25N7O. The van der Waals surface area contributed by atoms with Crippen LogP contribution in [0.3, 0.4) is 0 Å². The third-order valence-corrected chi connectivity index (χ3v) is 5.44. The topological polar surface area (TPSA) is 78.4 Å². The van der Waals surface area contributed by atoms with Gasteiger partial charge in [-0.15, -0.1) is 0 Å². The summed E-state index contributed by atoms with van der Waals surface area (Å²) in [4.78, 5) is 36.0. The summed E-state index contributed by atoms with van der Waals surface area (Å²) >= 11 is 0. The van der Waals surface area contributed by atoms with E-state index in [1.54, 1.807) is 24.9 Å². The van der Waals surface area contributed by atoms with Crippen molar-refractivity contribution in [2.75, 3.05) is 50.7 Å². The van der Waals surface area contributed by atoms with Crippen molar-refractivity contribution in [3.05, 3.63) is 42.7 Å². The van der Waals surface area contributed by atoms with Gasteiger partial charge in [-0.05, 0) is 25.0 Å². The lowest BCUT2D eigenvalue weighted by Crippen LogP contribution is -2.51. The number of carbonyl (C=O) groups is 1. The van der Waals surface area contributed by atoms with Gasteiger partial charge >= 0.3 is 0 Å². The maximum atomic E-state index is 12.7. The Morgan fingerprint density at radius 3 is 2.37 bits per heavy atom. The highest BCUT2D eigenvalue weighted by atomic mass is 16.2. The standard InChI is InChI=1S/C19H25N7O/c27-18(25-8-3-16(4-9-25)17-2-7-20-15-23-17)14-24-10-12-26(13-11-24)19-21-5-1-6-22-19/h1-2,5-7,15-16H,3-4,8-14H2. The SMILES string of the molecule is O=C(CN1CCN(c2ncccn2)CC1)N1CCC(c2ccncn2)CC1. The molecule has 0 bridgehead atoms. The molecule has 8 heteroatoms. The van der Waals surface area contributed by atoms with Gasteiger partial charge in [-0.2, -0.15) is 0 Å². The van der Waals surface area contributed by atoms with Crippen LogP contribution in [0.4, 0.5) is 5.95 Å². The summed E-state index contributed by atoms with van der Waals surface area (Å²) in [5.41, 5.74) is 1.09. The van der Waals surface area contributed by atoms with Gasteiger partial charge in [0.1, 0.15) is 6.33 Å². The Balaban J connectivity index is 1.22. The van der Waals surface area contributed by atoms with E-state index in [4.69, 9.17) is 0 Å². The first-order chi connectivity index (χ1) is 13.3. The minimum absolute atomic E-state index is 0.237. The highest BCUT2D eigenvalue weighted by Gasteiger charge is 2.27. The molecule has 2 aromatic heterocycles. The zero-order chi connectivity index (χ0) is 18.5. The maximum absolute atomic E-state index is 12.7. The zero-order valence-corrected chi connectivity index (χ0v) is 15.4. The normalized spacial score (nSPS) is 19.3. The summed E-state index contributed by atoms with van der Waals surface area (Å²) in [6.45, 7) is 5.56. The van der Waals surface area contributed by atoms with Gasteiger partial charge in [0.05, 0.1) is 6.54 Å². The van der Waals surface area contributed by atoms with Crippen molar-refractivity contribution < 1.29 is 4.79 Å². The fourth-order valence-corrected chi connectivity index (χ4v) is 3.82. The number of carbonyl (C=O) groups excluding carboxylic acids is 1. The van der Waals surface area contributed by atoms with Gasteiger partial charge in [0, 0.05) is 69.5 Å². The third-order valence-electron chi connectivity index (χ3n) is 5.44. The molecule has 0 spiro atoms. The number of rotatable bonds is 4. The highest BCUT2D eigenvalue weighted by Crippen LogP contribution is 2.26.